The molecule has 6 heteroatoms. The minimum absolute atomic E-state index is 0.000869. The van der Waals surface area contributed by atoms with Gasteiger partial charge < -0.3 is 29.9 Å². The predicted molar refractivity (Wildman–Crippen MR) is 81.4 cm³/mol. The lowest BCUT2D eigenvalue weighted by molar-refractivity contribution is 0.201. The standard InChI is InChI=1S/2C8H10O3/c9-5-6-11-8-3-1-7(10)2-4-8;9-4-5-11-8-3-1-2-7(10)6-8/h1-4,9-10H,5-6H2;1-3,6,9-10H,4-5H2. The summed E-state index contributed by atoms with van der Waals surface area (Å²) in [6, 6.07) is 12.8. The van der Waals surface area contributed by atoms with Gasteiger partial charge in [0.15, 0.2) is 0 Å². The average molecular weight is 308 g/mol. The molecule has 0 saturated heterocycles. The molecule has 0 spiro atoms. The molecule has 0 atom stereocenters. The Morgan fingerprint density at radius 3 is 1.82 bits per heavy atom. The first-order valence-corrected chi connectivity index (χ1v) is 6.71. The third-order valence-corrected chi connectivity index (χ3v) is 2.37. The maximum absolute atomic E-state index is 8.97. The fourth-order valence-electron chi connectivity index (χ4n) is 1.44. The molecule has 0 aliphatic carbocycles. The van der Waals surface area contributed by atoms with E-state index in [1.165, 1.54) is 18.2 Å². The second-order valence-electron chi connectivity index (χ2n) is 4.14. The molecule has 0 unspecified atom stereocenters. The van der Waals surface area contributed by atoms with E-state index in [-0.39, 0.29) is 37.9 Å². The van der Waals surface area contributed by atoms with E-state index < -0.39 is 0 Å². The Morgan fingerprint density at radius 2 is 1.27 bits per heavy atom. The SMILES string of the molecule is OCCOc1ccc(O)cc1.OCCOc1cccc(O)c1. The molecular formula is C16H20O6. The molecule has 2 rings (SSSR count). The second-order valence-corrected chi connectivity index (χ2v) is 4.14. The average Bonchev–Trinajstić information content (AvgIpc) is 2.53. The van der Waals surface area contributed by atoms with Crippen LogP contribution >= 0.6 is 0 Å². The van der Waals surface area contributed by atoms with Gasteiger partial charge in [0.25, 0.3) is 0 Å². The Balaban J connectivity index is 0.000000220. The van der Waals surface area contributed by atoms with Crippen LogP contribution in [0.4, 0.5) is 0 Å². The lowest BCUT2D eigenvalue weighted by atomic mass is 10.3. The maximum atomic E-state index is 8.97. The van der Waals surface area contributed by atoms with Crippen LogP contribution in [0.1, 0.15) is 0 Å². The number of phenols is 2. The Morgan fingerprint density at radius 1 is 0.682 bits per heavy atom. The zero-order chi connectivity index (χ0) is 16.2. The van der Waals surface area contributed by atoms with Crippen LogP contribution in [-0.4, -0.2) is 46.9 Å². The van der Waals surface area contributed by atoms with Gasteiger partial charge in [-0.2, -0.15) is 0 Å². The van der Waals surface area contributed by atoms with Crippen molar-refractivity contribution in [2.75, 3.05) is 26.4 Å². The highest BCUT2D eigenvalue weighted by molar-refractivity contribution is 5.31. The van der Waals surface area contributed by atoms with Gasteiger partial charge in [0.05, 0.1) is 13.2 Å². The van der Waals surface area contributed by atoms with Crippen molar-refractivity contribution in [3.8, 4) is 23.0 Å². The van der Waals surface area contributed by atoms with Gasteiger partial charge in [0.2, 0.25) is 0 Å². The van der Waals surface area contributed by atoms with Crippen molar-refractivity contribution in [1.82, 2.24) is 0 Å². The number of aliphatic hydroxyl groups is 2. The van der Waals surface area contributed by atoms with E-state index in [4.69, 9.17) is 29.9 Å². The minimum atomic E-state index is -0.0182. The number of benzene rings is 2. The molecule has 0 fully saturated rings. The molecule has 0 amide bonds. The van der Waals surface area contributed by atoms with Crippen molar-refractivity contribution in [3.05, 3.63) is 48.5 Å². The quantitative estimate of drug-likeness (QED) is 0.646. The van der Waals surface area contributed by atoms with Gasteiger partial charge >= 0.3 is 0 Å². The minimum Gasteiger partial charge on any atom is -0.508 e. The molecule has 4 N–H and O–H groups in total. The third kappa shape index (κ3) is 7.37. The van der Waals surface area contributed by atoms with Crippen molar-refractivity contribution < 1.29 is 29.9 Å². The zero-order valence-corrected chi connectivity index (χ0v) is 12.1. The Hall–Kier alpha value is -2.44. The van der Waals surface area contributed by atoms with Crippen LogP contribution in [0.2, 0.25) is 0 Å². The molecule has 0 aromatic heterocycles. The lowest BCUT2D eigenvalue weighted by Gasteiger charge is -2.02. The van der Waals surface area contributed by atoms with Gasteiger partial charge in [0.1, 0.15) is 36.2 Å². The molecule has 0 radical (unpaired) electrons. The number of rotatable bonds is 6. The van der Waals surface area contributed by atoms with Crippen LogP contribution in [0.25, 0.3) is 0 Å². The van der Waals surface area contributed by atoms with Gasteiger partial charge in [-0.1, -0.05) is 6.07 Å². The molecule has 2 aromatic carbocycles. The predicted octanol–water partition coefficient (Wildman–Crippen LogP) is 1.53. The van der Waals surface area contributed by atoms with Crippen LogP contribution in [-0.2, 0) is 0 Å². The number of hydrogen-bond acceptors (Lipinski definition) is 6. The molecule has 0 aliphatic heterocycles. The number of phenolic OH excluding ortho intramolecular Hbond substituents is 2. The van der Waals surface area contributed by atoms with E-state index in [1.54, 1.807) is 30.3 Å². The second kappa shape index (κ2) is 10.3. The molecule has 0 heterocycles. The Labute approximate surface area is 128 Å². The summed E-state index contributed by atoms with van der Waals surface area (Å²) >= 11 is 0. The van der Waals surface area contributed by atoms with Gasteiger partial charge in [0, 0.05) is 6.07 Å². The lowest BCUT2D eigenvalue weighted by Crippen LogP contribution is -2.00. The van der Waals surface area contributed by atoms with Crippen LogP contribution in [0.15, 0.2) is 48.5 Å². The van der Waals surface area contributed by atoms with E-state index in [1.807, 2.05) is 0 Å². The molecule has 120 valence electrons. The molecular weight excluding hydrogens is 288 g/mol. The fourth-order valence-corrected chi connectivity index (χ4v) is 1.44. The monoisotopic (exact) mass is 308 g/mol. The Kier molecular flexibility index (Phi) is 8.25. The largest absolute Gasteiger partial charge is 0.508 e. The van der Waals surface area contributed by atoms with Crippen LogP contribution in [0.3, 0.4) is 0 Å². The fraction of sp³-hybridized carbons (Fsp3) is 0.250. The van der Waals surface area contributed by atoms with Gasteiger partial charge in [-0.3, -0.25) is 0 Å². The molecule has 0 saturated carbocycles. The van der Waals surface area contributed by atoms with Crippen LogP contribution < -0.4 is 9.47 Å². The van der Waals surface area contributed by atoms with Crippen molar-refractivity contribution >= 4 is 0 Å². The van der Waals surface area contributed by atoms with E-state index in [0.717, 1.165) is 0 Å². The van der Waals surface area contributed by atoms with Crippen LogP contribution in [0, 0.1) is 0 Å². The number of ether oxygens (including phenoxy) is 2. The normalized spacial score (nSPS) is 9.55. The first-order valence-electron chi connectivity index (χ1n) is 6.71. The first-order chi connectivity index (χ1) is 10.7. The van der Waals surface area contributed by atoms with Gasteiger partial charge in [-0.25, -0.2) is 0 Å². The highest BCUT2D eigenvalue weighted by Crippen LogP contribution is 2.17. The number of aromatic hydroxyl groups is 2. The molecule has 22 heavy (non-hydrogen) atoms. The summed E-state index contributed by atoms with van der Waals surface area (Å²) in [6.45, 7) is 0.519. The topological polar surface area (TPSA) is 99.4 Å². The van der Waals surface area contributed by atoms with E-state index >= 15 is 0 Å². The summed E-state index contributed by atoms with van der Waals surface area (Å²) in [6.07, 6.45) is 0. The molecule has 0 bridgehead atoms. The van der Waals surface area contributed by atoms with Gasteiger partial charge in [-0.15, -0.1) is 0 Å². The smallest absolute Gasteiger partial charge is 0.123 e. The third-order valence-electron chi connectivity index (χ3n) is 2.37. The molecule has 2 aromatic rings. The molecule has 0 aliphatic rings. The van der Waals surface area contributed by atoms with E-state index in [0.29, 0.717) is 11.5 Å². The first kappa shape index (κ1) is 17.6. The maximum Gasteiger partial charge on any atom is 0.123 e. The highest BCUT2D eigenvalue weighted by Gasteiger charge is 1.93. The van der Waals surface area contributed by atoms with Crippen LogP contribution in [0.5, 0.6) is 23.0 Å². The van der Waals surface area contributed by atoms with E-state index in [9.17, 15) is 0 Å². The summed E-state index contributed by atoms with van der Waals surface area (Å²) in [7, 11) is 0. The van der Waals surface area contributed by atoms with Crippen molar-refractivity contribution in [2.45, 2.75) is 0 Å². The zero-order valence-electron chi connectivity index (χ0n) is 12.1. The summed E-state index contributed by atoms with van der Waals surface area (Å²) < 4.78 is 10.1. The summed E-state index contributed by atoms with van der Waals surface area (Å²) in [5.74, 6) is 1.60. The van der Waals surface area contributed by atoms with E-state index in [2.05, 4.69) is 0 Å². The number of aliphatic hydroxyl groups excluding tert-OH is 2. The summed E-state index contributed by atoms with van der Waals surface area (Å²) in [5.41, 5.74) is 0. The van der Waals surface area contributed by atoms with Crippen molar-refractivity contribution in [3.63, 3.8) is 0 Å². The number of hydrogen-bond donors (Lipinski definition) is 4. The van der Waals surface area contributed by atoms with Crippen molar-refractivity contribution in [2.24, 2.45) is 0 Å². The highest BCUT2D eigenvalue weighted by atomic mass is 16.5. The summed E-state index contributed by atoms with van der Waals surface area (Å²) in [5, 5.41) is 34.7. The van der Waals surface area contributed by atoms with Gasteiger partial charge in [-0.05, 0) is 36.4 Å². The summed E-state index contributed by atoms with van der Waals surface area (Å²) in [4.78, 5) is 0. The Bertz CT molecular complexity index is 526. The molecule has 6 nitrogen and oxygen atoms in total. The van der Waals surface area contributed by atoms with Crippen molar-refractivity contribution in [1.29, 1.82) is 0 Å².